The molecular weight excluding hydrogens is 207 g/mol. The normalized spacial score (nSPS) is 11.3. The van der Waals surface area contributed by atoms with Crippen LogP contribution in [0.3, 0.4) is 0 Å². The third kappa shape index (κ3) is 2.62. The van der Waals surface area contributed by atoms with E-state index in [-0.39, 0.29) is 5.00 Å². The van der Waals surface area contributed by atoms with E-state index in [1.54, 1.807) is 5.32 Å². The predicted octanol–water partition coefficient (Wildman–Crippen LogP) is 1.52. The minimum atomic E-state index is -4.43. The Hall–Kier alpha value is -1.24. The van der Waals surface area contributed by atoms with Crippen LogP contribution in [0.25, 0.3) is 0 Å². The van der Waals surface area contributed by atoms with Gasteiger partial charge in [0.25, 0.3) is 0 Å². The molecule has 3 nitrogen and oxygen atoms in total. The van der Waals surface area contributed by atoms with Crippen LogP contribution in [0.4, 0.5) is 23.0 Å². The Labute approximate surface area is 74.8 Å². The molecule has 1 rings (SSSR count). The lowest BCUT2D eigenvalue weighted by atomic mass is 10.4. The molecule has 72 valence electrons. The second-order valence-electron chi connectivity index (χ2n) is 2.07. The molecule has 0 saturated carbocycles. The van der Waals surface area contributed by atoms with Gasteiger partial charge in [0.05, 0.1) is 5.00 Å². The largest absolute Gasteiger partial charge is 0.530 e. The van der Waals surface area contributed by atoms with E-state index in [9.17, 15) is 23.1 Å². The summed E-state index contributed by atoms with van der Waals surface area (Å²) in [5.41, 5.74) is 0. The Kier molecular flexibility index (Phi) is 2.46. The number of carbonyl (C=O) groups is 1. The van der Waals surface area contributed by atoms with Crippen molar-refractivity contribution in [3.8, 4) is 0 Å². The first-order valence-electron chi connectivity index (χ1n) is 3.04. The van der Waals surface area contributed by atoms with Gasteiger partial charge in [0.1, 0.15) is 11.0 Å². The second kappa shape index (κ2) is 3.25. The second-order valence-corrected chi connectivity index (χ2v) is 3.16. The van der Waals surface area contributed by atoms with Gasteiger partial charge < -0.3 is 15.2 Å². The molecule has 7 heteroatoms. The zero-order valence-electron chi connectivity index (χ0n) is 6.01. The fourth-order valence-corrected chi connectivity index (χ4v) is 1.42. The molecule has 0 aliphatic carbocycles. The molecule has 1 heterocycles. The van der Waals surface area contributed by atoms with Crippen molar-refractivity contribution >= 4 is 22.4 Å². The molecule has 0 aliphatic heterocycles. The summed E-state index contributed by atoms with van der Waals surface area (Å²) in [6, 6.07) is 1.83. The van der Waals surface area contributed by atoms with Crippen LogP contribution in [0.1, 0.15) is 4.88 Å². The molecule has 1 aromatic rings. The van der Waals surface area contributed by atoms with E-state index in [1.807, 2.05) is 0 Å². The van der Waals surface area contributed by atoms with Gasteiger partial charge in [-0.05, 0) is 12.1 Å². The molecule has 0 aliphatic rings. The summed E-state index contributed by atoms with van der Waals surface area (Å²) < 4.78 is 35.9. The fourth-order valence-electron chi connectivity index (χ4n) is 0.658. The van der Waals surface area contributed by atoms with E-state index in [4.69, 9.17) is 0 Å². The first-order valence-corrected chi connectivity index (χ1v) is 3.86. The number of halogens is 3. The lowest BCUT2D eigenvalue weighted by Gasteiger charge is -2.03. The van der Waals surface area contributed by atoms with E-state index in [2.05, 4.69) is 0 Å². The van der Waals surface area contributed by atoms with Gasteiger partial charge in [0, 0.05) is 0 Å². The highest BCUT2D eigenvalue weighted by molar-refractivity contribution is 7.16. The molecule has 0 bridgehead atoms. The highest BCUT2D eigenvalue weighted by Gasteiger charge is 2.32. The van der Waals surface area contributed by atoms with Gasteiger partial charge in [-0.2, -0.15) is 13.2 Å². The Bertz CT molecular complexity index is 320. The molecular formula is C6H3F3NO2S-. The van der Waals surface area contributed by atoms with Crippen LogP contribution in [0, 0.1) is 0 Å². The molecule has 1 aromatic heterocycles. The minimum absolute atomic E-state index is 0.104. The van der Waals surface area contributed by atoms with Gasteiger partial charge in [-0.15, -0.1) is 11.3 Å². The third-order valence-electron chi connectivity index (χ3n) is 1.11. The standard InChI is InChI=1S/C6H4F3NO2S/c7-6(8,9)3-1-2-4(13-3)10-5(11)12/h1-2,10H,(H,11,12)/p-1. The molecule has 0 saturated heterocycles. The quantitative estimate of drug-likeness (QED) is 0.764. The van der Waals surface area contributed by atoms with Crippen molar-refractivity contribution in [2.45, 2.75) is 6.18 Å². The van der Waals surface area contributed by atoms with Gasteiger partial charge in [-0.1, -0.05) is 0 Å². The number of hydrogen-bond donors (Lipinski definition) is 1. The zero-order chi connectivity index (χ0) is 10.1. The SMILES string of the molecule is O=C([O-])Nc1ccc(C(F)(F)F)s1. The first-order chi connectivity index (χ1) is 5.89. The van der Waals surface area contributed by atoms with Crippen LogP contribution in [0.2, 0.25) is 0 Å². The van der Waals surface area contributed by atoms with Gasteiger partial charge in [-0.25, -0.2) is 0 Å². The molecule has 1 N–H and O–H groups in total. The van der Waals surface area contributed by atoms with Crippen LogP contribution < -0.4 is 10.4 Å². The third-order valence-corrected chi connectivity index (χ3v) is 2.16. The number of carboxylic acid groups (broad SMARTS) is 1. The van der Waals surface area contributed by atoms with Crippen molar-refractivity contribution in [1.82, 2.24) is 0 Å². The van der Waals surface area contributed by atoms with Gasteiger partial charge in [0.2, 0.25) is 0 Å². The van der Waals surface area contributed by atoms with Crippen molar-refractivity contribution in [2.75, 3.05) is 5.32 Å². The van der Waals surface area contributed by atoms with Crippen LogP contribution in [0.15, 0.2) is 12.1 Å². The highest BCUT2D eigenvalue weighted by Crippen LogP contribution is 2.36. The Morgan fingerprint density at radius 2 is 2.08 bits per heavy atom. The predicted molar refractivity (Wildman–Crippen MR) is 38.3 cm³/mol. The maximum absolute atomic E-state index is 12.0. The molecule has 0 unspecified atom stereocenters. The average molecular weight is 210 g/mol. The lowest BCUT2D eigenvalue weighted by Crippen LogP contribution is -2.28. The van der Waals surface area contributed by atoms with E-state index >= 15 is 0 Å². The van der Waals surface area contributed by atoms with E-state index < -0.39 is 17.1 Å². The van der Waals surface area contributed by atoms with Crippen LogP contribution >= 0.6 is 11.3 Å². The number of hydrogen-bond acceptors (Lipinski definition) is 3. The van der Waals surface area contributed by atoms with E-state index in [1.165, 1.54) is 0 Å². The van der Waals surface area contributed by atoms with Crippen molar-refractivity contribution < 1.29 is 23.1 Å². The number of nitrogens with one attached hydrogen (secondary N) is 1. The lowest BCUT2D eigenvalue weighted by molar-refractivity contribution is -0.242. The number of rotatable bonds is 1. The smallest absolute Gasteiger partial charge is 0.425 e. The summed E-state index contributed by atoms with van der Waals surface area (Å²) in [5, 5.41) is 11.5. The van der Waals surface area contributed by atoms with Crippen molar-refractivity contribution in [1.29, 1.82) is 0 Å². The van der Waals surface area contributed by atoms with Crippen LogP contribution in [0.5, 0.6) is 0 Å². The Balaban J connectivity index is 2.81. The number of alkyl halides is 3. The molecule has 0 spiro atoms. The molecule has 0 fully saturated rings. The minimum Gasteiger partial charge on any atom is -0.530 e. The van der Waals surface area contributed by atoms with Crippen LogP contribution in [-0.2, 0) is 6.18 Å². The Morgan fingerprint density at radius 1 is 1.46 bits per heavy atom. The summed E-state index contributed by atoms with van der Waals surface area (Å²) >= 11 is 0.311. The summed E-state index contributed by atoms with van der Waals surface area (Å²) in [6.07, 6.45) is -6.06. The van der Waals surface area contributed by atoms with Gasteiger partial charge in [0.15, 0.2) is 0 Å². The van der Waals surface area contributed by atoms with Crippen molar-refractivity contribution in [2.24, 2.45) is 0 Å². The number of thiophene rings is 1. The molecule has 13 heavy (non-hydrogen) atoms. The molecule has 0 aromatic carbocycles. The van der Waals surface area contributed by atoms with Gasteiger partial charge in [-0.3, -0.25) is 0 Å². The van der Waals surface area contributed by atoms with E-state index in [0.29, 0.717) is 11.3 Å². The van der Waals surface area contributed by atoms with Gasteiger partial charge >= 0.3 is 6.18 Å². The number of anilines is 1. The number of carbonyl (C=O) groups excluding carboxylic acids is 1. The highest BCUT2D eigenvalue weighted by atomic mass is 32.1. The molecule has 0 atom stereocenters. The first kappa shape index (κ1) is 9.85. The summed E-state index contributed by atoms with van der Waals surface area (Å²) in [7, 11) is 0. The van der Waals surface area contributed by atoms with Crippen molar-refractivity contribution in [3.05, 3.63) is 17.0 Å². The number of amides is 1. The molecule has 1 amide bonds. The summed E-state index contributed by atoms with van der Waals surface area (Å²) in [4.78, 5) is 9.08. The molecule has 0 radical (unpaired) electrons. The fraction of sp³-hybridized carbons (Fsp3) is 0.167. The maximum Gasteiger partial charge on any atom is 0.425 e. The zero-order valence-corrected chi connectivity index (χ0v) is 6.83. The topological polar surface area (TPSA) is 52.2 Å². The summed E-state index contributed by atoms with van der Waals surface area (Å²) in [6.45, 7) is 0. The van der Waals surface area contributed by atoms with E-state index in [0.717, 1.165) is 12.1 Å². The average Bonchev–Trinajstić information content (AvgIpc) is 2.32. The van der Waals surface area contributed by atoms with Crippen molar-refractivity contribution in [3.63, 3.8) is 0 Å². The maximum atomic E-state index is 12.0. The summed E-state index contributed by atoms with van der Waals surface area (Å²) in [5.74, 6) is 0. The monoisotopic (exact) mass is 210 g/mol. The Morgan fingerprint density at radius 3 is 2.46 bits per heavy atom. The van der Waals surface area contributed by atoms with Crippen LogP contribution in [-0.4, -0.2) is 6.09 Å².